The van der Waals surface area contributed by atoms with Crippen LogP contribution in [0.2, 0.25) is 0 Å². The van der Waals surface area contributed by atoms with Gasteiger partial charge in [-0.15, -0.1) is 5.10 Å². The van der Waals surface area contributed by atoms with Crippen LogP contribution in [-0.2, 0) is 15.3 Å². The van der Waals surface area contributed by atoms with Gasteiger partial charge in [0.15, 0.2) is 5.72 Å². The van der Waals surface area contributed by atoms with E-state index in [1.807, 2.05) is 18.4 Å². The van der Waals surface area contributed by atoms with E-state index >= 15 is 0 Å². The number of thioether (sulfide) groups is 1. The van der Waals surface area contributed by atoms with E-state index in [0.717, 1.165) is 5.56 Å². The maximum absolute atomic E-state index is 12.7. The molecule has 0 saturated carbocycles. The van der Waals surface area contributed by atoms with Crippen LogP contribution in [0.4, 0.5) is 5.95 Å². The predicted octanol–water partition coefficient (Wildman–Crippen LogP) is 2.02. The van der Waals surface area contributed by atoms with E-state index in [-0.39, 0.29) is 6.61 Å². The number of hydrogen-bond donors (Lipinski definition) is 2. The van der Waals surface area contributed by atoms with Crippen molar-refractivity contribution in [3.8, 4) is 5.75 Å². The number of aromatic nitrogens is 3. The third-order valence-electron chi connectivity index (χ3n) is 4.42. The molecule has 2 aromatic rings. The molecule has 3 atom stereocenters. The Labute approximate surface area is 155 Å². The Kier molecular flexibility index (Phi) is 5.10. The Bertz CT molecular complexity index is 791. The number of hydrogen-bond acceptors (Lipinski definition) is 8. The standard InChI is InChI=1S/C17H22N4O4S/c1-5-25-14(22)12-13(10-6-8-11(24-3)9-7-10)18-15-19-16(26-4)20-21(15)17(12,2)23/h6-9,12-13,23H,5H2,1-4H3,(H,18,19,20). The molecule has 8 nitrogen and oxygen atoms in total. The first-order valence-corrected chi connectivity index (χ1v) is 9.45. The molecule has 9 heteroatoms. The number of nitrogens with zero attached hydrogens (tertiary/aromatic N) is 3. The molecule has 2 heterocycles. The van der Waals surface area contributed by atoms with Crippen LogP contribution in [0.25, 0.3) is 0 Å². The highest BCUT2D eigenvalue weighted by molar-refractivity contribution is 7.98. The third-order valence-corrected chi connectivity index (χ3v) is 4.96. The van der Waals surface area contributed by atoms with Crippen molar-refractivity contribution in [2.75, 3.05) is 25.3 Å². The molecular weight excluding hydrogens is 356 g/mol. The van der Waals surface area contributed by atoms with Crippen molar-refractivity contribution >= 4 is 23.7 Å². The summed E-state index contributed by atoms with van der Waals surface area (Å²) in [6, 6.07) is 6.78. The molecule has 0 spiro atoms. The van der Waals surface area contributed by atoms with Crippen LogP contribution in [0.5, 0.6) is 5.75 Å². The lowest BCUT2D eigenvalue weighted by molar-refractivity contribution is -0.171. The van der Waals surface area contributed by atoms with Gasteiger partial charge in [-0.3, -0.25) is 4.79 Å². The Balaban J connectivity index is 2.08. The molecule has 1 aromatic carbocycles. The van der Waals surface area contributed by atoms with Crippen LogP contribution in [0.3, 0.4) is 0 Å². The highest BCUT2D eigenvalue weighted by Crippen LogP contribution is 2.43. The number of benzene rings is 1. The summed E-state index contributed by atoms with van der Waals surface area (Å²) in [7, 11) is 1.59. The zero-order valence-electron chi connectivity index (χ0n) is 15.1. The fourth-order valence-corrected chi connectivity index (χ4v) is 3.48. The van der Waals surface area contributed by atoms with E-state index in [1.54, 1.807) is 33.1 Å². The summed E-state index contributed by atoms with van der Waals surface area (Å²) in [6.07, 6.45) is 1.85. The van der Waals surface area contributed by atoms with Gasteiger partial charge in [-0.05, 0) is 37.8 Å². The number of rotatable bonds is 5. The predicted molar refractivity (Wildman–Crippen MR) is 97.2 cm³/mol. The van der Waals surface area contributed by atoms with Crippen molar-refractivity contribution in [3.63, 3.8) is 0 Å². The van der Waals surface area contributed by atoms with E-state index < -0.39 is 23.7 Å². The van der Waals surface area contributed by atoms with Gasteiger partial charge in [-0.25, -0.2) is 0 Å². The molecule has 26 heavy (non-hydrogen) atoms. The minimum atomic E-state index is -1.60. The van der Waals surface area contributed by atoms with Crippen LogP contribution in [0.15, 0.2) is 29.4 Å². The molecule has 0 radical (unpaired) electrons. The van der Waals surface area contributed by atoms with Crippen LogP contribution in [-0.4, -0.2) is 45.8 Å². The average Bonchev–Trinajstić information content (AvgIpc) is 3.06. The summed E-state index contributed by atoms with van der Waals surface area (Å²) in [5.74, 6) is -0.296. The molecule has 1 aliphatic rings. The second-order valence-electron chi connectivity index (χ2n) is 6.05. The normalized spacial score (nSPS) is 24.5. The minimum Gasteiger partial charge on any atom is -0.497 e. The first-order valence-electron chi connectivity index (χ1n) is 8.23. The number of aliphatic hydroxyl groups is 1. The van der Waals surface area contributed by atoms with E-state index in [9.17, 15) is 9.90 Å². The molecule has 0 amide bonds. The van der Waals surface area contributed by atoms with Gasteiger partial charge in [0, 0.05) is 0 Å². The number of nitrogens with one attached hydrogen (secondary N) is 1. The number of carbonyl (C=O) groups excluding carboxylic acids is 1. The molecule has 0 bridgehead atoms. The van der Waals surface area contributed by atoms with E-state index in [1.165, 1.54) is 16.4 Å². The van der Waals surface area contributed by atoms with Crippen LogP contribution in [0.1, 0.15) is 25.5 Å². The molecule has 1 aromatic heterocycles. The Hall–Kier alpha value is -2.26. The number of methoxy groups -OCH3 is 1. The number of esters is 1. The quantitative estimate of drug-likeness (QED) is 0.602. The lowest BCUT2D eigenvalue weighted by Crippen LogP contribution is -2.52. The summed E-state index contributed by atoms with van der Waals surface area (Å²) in [6.45, 7) is 3.51. The fraction of sp³-hybridized carbons (Fsp3) is 0.471. The number of carbonyl (C=O) groups is 1. The van der Waals surface area contributed by atoms with Gasteiger partial charge in [0.1, 0.15) is 11.7 Å². The monoisotopic (exact) mass is 378 g/mol. The first-order chi connectivity index (χ1) is 12.4. The molecule has 3 rings (SSSR count). The Morgan fingerprint density at radius 3 is 2.69 bits per heavy atom. The molecular formula is C17H22N4O4S. The lowest BCUT2D eigenvalue weighted by Gasteiger charge is -2.41. The van der Waals surface area contributed by atoms with Crippen molar-refractivity contribution < 1.29 is 19.4 Å². The number of fused-ring (bicyclic) bond motifs is 1. The largest absolute Gasteiger partial charge is 0.497 e. The number of ether oxygens (including phenoxy) is 2. The molecule has 2 N–H and O–H groups in total. The summed E-state index contributed by atoms with van der Waals surface area (Å²) in [5, 5.41) is 19.2. The van der Waals surface area contributed by atoms with Crippen molar-refractivity contribution in [2.45, 2.75) is 30.8 Å². The second-order valence-corrected chi connectivity index (χ2v) is 6.83. The summed E-state index contributed by atoms with van der Waals surface area (Å²) >= 11 is 1.36. The minimum absolute atomic E-state index is 0.223. The highest BCUT2D eigenvalue weighted by Gasteiger charge is 2.51. The average molecular weight is 378 g/mol. The smallest absolute Gasteiger partial charge is 0.316 e. The van der Waals surface area contributed by atoms with E-state index in [0.29, 0.717) is 16.9 Å². The Morgan fingerprint density at radius 2 is 2.12 bits per heavy atom. The Morgan fingerprint density at radius 1 is 1.42 bits per heavy atom. The summed E-state index contributed by atoms with van der Waals surface area (Å²) in [5.41, 5.74) is -0.789. The second kappa shape index (κ2) is 7.16. The number of anilines is 1. The summed E-state index contributed by atoms with van der Waals surface area (Å²) < 4.78 is 11.8. The molecule has 0 saturated heterocycles. The molecule has 1 aliphatic heterocycles. The zero-order chi connectivity index (χ0) is 18.9. The van der Waals surface area contributed by atoms with Crippen molar-refractivity contribution in [1.82, 2.24) is 14.8 Å². The van der Waals surface area contributed by atoms with Gasteiger partial charge in [0.05, 0.1) is 19.8 Å². The lowest BCUT2D eigenvalue weighted by atomic mass is 9.83. The van der Waals surface area contributed by atoms with E-state index in [4.69, 9.17) is 9.47 Å². The molecule has 3 unspecified atom stereocenters. The van der Waals surface area contributed by atoms with Crippen molar-refractivity contribution in [1.29, 1.82) is 0 Å². The fourth-order valence-electron chi connectivity index (χ4n) is 3.14. The topological polar surface area (TPSA) is 98.5 Å². The maximum atomic E-state index is 12.7. The molecule has 140 valence electrons. The third kappa shape index (κ3) is 3.12. The maximum Gasteiger partial charge on any atom is 0.316 e. The van der Waals surface area contributed by atoms with E-state index in [2.05, 4.69) is 15.4 Å². The first kappa shape index (κ1) is 18.5. The highest BCUT2D eigenvalue weighted by atomic mass is 32.2. The van der Waals surface area contributed by atoms with Crippen LogP contribution in [0, 0.1) is 5.92 Å². The van der Waals surface area contributed by atoms with Gasteiger partial charge < -0.3 is 19.9 Å². The summed E-state index contributed by atoms with van der Waals surface area (Å²) in [4.78, 5) is 17.1. The zero-order valence-corrected chi connectivity index (χ0v) is 15.9. The SMILES string of the molecule is CCOC(=O)C1C(c2ccc(OC)cc2)Nc2nc(SC)nn2C1(C)O. The van der Waals surface area contributed by atoms with Crippen molar-refractivity contribution in [3.05, 3.63) is 29.8 Å². The van der Waals surface area contributed by atoms with Crippen LogP contribution >= 0.6 is 11.8 Å². The van der Waals surface area contributed by atoms with Gasteiger partial charge in [0.2, 0.25) is 11.1 Å². The van der Waals surface area contributed by atoms with Crippen molar-refractivity contribution in [2.24, 2.45) is 5.92 Å². The van der Waals surface area contributed by atoms with Gasteiger partial charge in [0.25, 0.3) is 0 Å². The van der Waals surface area contributed by atoms with Gasteiger partial charge in [-0.2, -0.15) is 9.67 Å². The van der Waals surface area contributed by atoms with Gasteiger partial charge in [-0.1, -0.05) is 23.9 Å². The molecule has 0 aliphatic carbocycles. The van der Waals surface area contributed by atoms with Gasteiger partial charge >= 0.3 is 5.97 Å². The molecule has 0 fully saturated rings. The van der Waals surface area contributed by atoms with Crippen LogP contribution < -0.4 is 10.1 Å².